The smallest absolute Gasteiger partial charge is 0.318 e. The number of ether oxygens (including phenoxy) is 2. The van der Waals surface area contributed by atoms with E-state index in [0.717, 1.165) is 18.4 Å². The van der Waals surface area contributed by atoms with Crippen molar-refractivity contribution in [2.45, 2.75) is 12.8 Å². The number of allylic oxidation sites excluding steroid dienone is 2. The third kappa shape index (κ3) is 3.44. The largest absolute Gasteiger partial charge is 0.460 e. The molecule has 0 aromatic heterocycles. The molecule has 18 heavy (non-hydrogen) atoms. The van der Waals surface area contributed by atoms with E-state index >= 15 is 0 Å². The highest BCUT2D eigenvalue weighted by Gasteiger charge is 2.39. The molecule has 1 fully saturated rings. The van der Waals surface area contributed by atoms with Crippen LogP contribution in [0.25, 0.3) is 0 Å². The highest BCUT2D eigenvalue weighted by atomic mass is 16.5. The van der Waals surface area contributed by atoms with Crippen molar-refractivity contribution in [1.29, 1.82) is 0 Å². The number of hydrogen-bond acceptors (Lipinski definition) is 3. The van der Waals surface area contributed by atoms with Gasteiger partial charge in [-0.05, 0) is 18.4 Å². The fourth-order valence-corrected chi connectivity index (χ4v) is 1.84. The lowest BCUT2D eigenvalue weighted by molar-refractivity contribution is -0.158. The Morgan fingerprint density at radius 1 is 1.39 bits per heavy atom. The van der Waals surface area contributed by atoms with Gasteiger partial charge in [-0.3, -0.25) is 4.79 Å². The summed E-state index contributed by atoms with van der Waals surface area (Å²) in [5.41, 5.74) is 0.118. The molecule has 98 valence electrons. The SMILES string of the molecule is C=C/C=C(\C=C)COC(=O)C1(C=C)CCCOC1. The van der Waals surface area contributed by atoms with Crippen LogP contribution in [0.2, 0.25) is 0 Å². The zero-order chi connectivity index (χ0) is 13.4. The number of carbonyl (C=O) groups is 1. The van der Waals surface area contributed by atoms with Crippen molar-refractivity contribution < 1.29 is 14.3 Å². The fraction of sp³-hybridized carbons (Fsp3) is 0.400. The average Bonchev–Trinajstić information content (AvgIpc) is 2.43. The van der Waals surface area contributed by atoms with E-state index in [1.165, 1.54) is 0 Å². The van der Waals surface area contributed by atoms with Crippen molar-refractivity contribution in [2.75, 3.05) is 19.8 Å². The van der Waals surface area contributed by atoms with E-state index in [-0.39, 0.29) is 12.6 Å². The summed E-state index contributed by atoms with van der Waals surface area (Å²) in [6.07, 6.45) is 8.25. The van der Waals surface area contributed by atoms with Crippen molar-refractivity contribution in [3.63, 3.8) is 0 Å². The van der Waals surface area contributed by atoms with Crippen LogP contribution in [0.5, 0.6) is 0 Å². The zero-order valence-corrected chi connectivity index (χ0v) is 10.7. The lowest BCUT2D eigenvalue weighted by Gasteiger charge is -2.31. The summed E-state index contributed by atoms with van der Waals surface area (Å²) in [5.74, 6) is -0.283. The molecule has 1 aliphatic rings. The van der Waals surface area contributed by atoms with E-state index in [9.17, 15) is 4.79 Å². The van der Waals surface area contributed by atoms with Crippen LogP contribution in [0.3, 0.4) is 0 Å². The van der Waals surface area contributed by atoms with Crippen LogP contribution >= 0.6 is 0 Å². The summed E-state index contributed by atoms with van der Waals surface area (Å²) < 4.78 is 10.7. The van der Waals surface area contributed by atoms with Gasteiger partial charge < -0.3 is 9.47 Å². The van der Waals surface area contributed by atoms with Gasteiger partial charge in [-0.25, -0.2) is 0 Å². The van der Waals surface area contributed by atoms with Gasteiger partial charge in [0.05, 0.1) is 6.61 Å². The van der Waals surface area contributed by atoms with E-state index in [0.29, 0.717) is 13.2 Å². The molecule has 1 aliphatic heterocycles. The van der Waals surface area contributed by atoms with Crippen LogP contribution < -0.4 is 0 Å². The highest BCUT2D eigenvalue weighted by Crippen LogP contribution is 2.31. The van der Waals surface area contributed by atoms with Crippen molar-refractivity contribution in [3.05, 3.63) is 49.6 Å². The molecule has 0 N–H and O–H groups in total. The maximum absolute atomic E-state index is 12.1. The Kier molecular flexibility index (Phi) is 5.59. The molecule has 1 saturated heterocycles. The molecule has 0 aromatic rings. The van der Waals surface area contributed by atoms with Gasteiger partial charge >= 0.3 is 5.97 Å². The Morgan fingerprint density at radius 3 is 2.67 bits per heavy atom. The number of carbonyl (C=O) groups excluding carboxylic acids is 1. The van der Waals surface area contributed by atoms with Gasteiger partial charge in [0.1, 0.15) is 12.0 Å². The van der Waals surface area contributed by atoms with Gasteiger partial charge in [-0.15, -0.1) is 6.58 Å². The molecule has 0 aromatic carbocycles. The molecule has 1 rings (SSSR count). The lowest BCUT2D eigenvalue weighted by atomic mass is 9.83. The zero-order valence-electron chi connectivity index (χ0n) is 10.7. The molecule has 0 bridgehead atoms. The number of rotatable bonds is 6. The van der Waals surface area contributed by atoms with Crippen molar-refractivity contribution in [1.82, 2.24) is 0 Å². The molecular weight excluding hydrogens is 228 g/mol. The van der Waals surface area contributed by atoms with Crippen molar-refractivity contribution in [2.24, 2.45) is 5.41 Å². The van der Waals surface area contributed by atoms with Gasteiger partial charge in [0, 0.05) is 6.61 Å². The standard InChI is InChI=1S/C15H20O3/c1-4-8-13(5-2)11-18-14(16)15(6-3)9-7-10-17-12-15/h4-6,8H,1-3,7,9-12H2/b13-8+. The molecule has 0 saturated carbocycles. The molecule has 0 radical (unpaired) electrons. The van der Waals surface area contributed by atoms with Crippen molar-refractivity contribution >= 4 is 5.97 Å². The minimum absolute atomic E-state index is 0.198. The van der Waals surface area contributed by atoms with E-state index in [4.69, 9.17) is 9.47 Å². The summed E-state index contributed by atoms with van der Waals surface area (Å²) in [4.78, 5) is 12.1. The Bertz CT molecular complexity index is 360. The molecule has 0 spiro atoms. The first-order valence-electron chi connectivity index (χ1n) is 6.01. The van der Waals surface area contributed by atoms with Crippen LogP contribution in [0.15, 0.2) is 49.6 Å². The topological polar surface area (TPSA) is 35.5 Å². The second kappa shape index (κ2) is 6.97. The van der Waals surface area contributed by atoms with Crippen LogP contribution in [0.4, 0.5) is 0 Å². The predicted molar refractivity (Wildman–Crippen MR) is 72.1 cm³/mol. The van der Waals surface area contributed by atoms with Crippen LogP contribution in [0.1, 0.15) is 12.8 Å². The van der Waals surface area contributed by atoms with Gasteiger partial charge in [-0.2, -0.15) is 0 Å². The Labute approximate surface area is 108 Å². The van der Waals surface area contributed by atoms with Gasteiger partial charge in [-0.1, -0.05) is 37.5 Å². The van der Waals surface area contributed by atoms with Crippen molar-refractivity contribution in [3.8, 4) is 0 Å². The molecule has 1 heterocycles. The molecule has 3 heteroatoms. The summed E-state index contributed by atoms with van der Waals surface area (Å²) in [6.45, 7) is 12.2. The van der Waals surface area contributed by atoms with Gasteiger partial charge in [0.15, 0.2) is 0 Å². The quantitative estimate of drug-likeness (QED) is 0.412. The Balaban J connectivity index is 2.63. The minimum Gasteiger partial charge on any atom is -0.460 e. The van der Waals surface area contributed by atoms with Crippen LogP contribution in [-0.2, 0) is 14.3 Å². The average molecular weight is 248 g/mol. The van der Waals surface area contributed by atoms with E-state index in [1.807, 2.05) is 0 Å². The predicted octanol–water partition coefficient (Wildman–Crippen LogP) is 2.81. The van der Waals surface area contributed by atoms with Gasteiger partial charge in [0.25, 0.3) is 0 Å². The first kappa shape index (κ1) is 14.5. The highest BCUT2D eigenvalue weighted by molar-refractivity contribution is 5.79. The summed E-state index contributed by atoms with van der Waals surface area (Å²) >= 11 is 0. The third-order valence-electron chi connectivity index (χ3n) is 3.03. The second-order valence-corrected chi connectivity index (χ2v) is 4.27. The first-order chi connectivity index (χ1) is 8.68. The van der Waals surface area contributed by atoms with E-state index < -0.39 is 5.41 Å². The summed E-state index contributed by atoms with van der Waals surface area (Å²) in [6, 6.07) is 0. The maximum atomic E-state index is 12.1. The molecule has 0 aliphatic carbocycles. The maximum Gasteiger partial charge on any atom is 0.318 e. The second-order valence-electron chi connectivity index (χ2n) is 4.27. The Morgan fingerprint density at radius 2 is 2.17 bits per heavy atom. The molecule has 3 nitrogen and oxygen atoms in total. The number of hydrogen-bond donors (Lipinski definition) is 0. The minimum atomic E-state index is -0.696. The van der Waals surface area contributed by atoms with Gasteiger partial charge in [0.2, 0.25) is 0 Å². The molecule has 1 atom stereocenters. The lowest BCUT2D eigenvalue weighted by Crippen LogP contribution is -2.39. The van der Waals surface area contributed by atoms with E-state index in [2.05, 4.69) is 19.7 Å². The fourth-order valence-electron chi connectivity index (χ4n) is 1.84. The number of esters is 1. The summed E-state index contributed by atoms with van der Waals surface area (Å²) in [7, 11) is 0. The molecule has 0 amide bonds. The summed E-state index contributed by atoms with van der Waals surface area (Å²) in [5, 5.41) is 0. The first-order valence-corrected chi connectivity index (χ1v) is 6.01. The van der Waals surface area contributed by atoms with Crippen LogP contribution in [0, 0.1) is 5.41 Å². The third-order valence-corrected chi connectivity index (χ3v) is 3.03. The Hall–Kier alpha value is -1.61. The van der Waals surface area contributed by atoms with E-state index in [1.54, 1.807) is 24.3 Å². The molecule has 1 unspecified atom stereocenters. The normalized spacial score (nSPS) is 24.1. The monoisotopic (exact) mass is 248 g/mol. The van der Waals surface area contributed by atoms with Crippen LogP contribution in [-0.4, -0.2) is 25.8 Å². The molecular formula is C15H20O3.